The lowest BCUT2D eigenvalue weighted by Crippen LogP contribution is -2.44. The molecule has 0 atom stereocenters. The monoisotopic (exact) mass is 428 g/mol. The van der Waals surface area contributed by atoms with Crippen molar-refractivity contribution in [2.45, 2.75) is 20.8 Å². The topological polar surface area (TPSA) is 81.2 Å². The summed E-state index contributed by atoms with van der Waals surface area (Å²) in [7, 11) is 2.16. The molecular formula is C25H28N6O. The number of rotatable bonds is 3. The Morgan fingerprint density at radius 1 is 0.969 bits per heavy atom. The number of hydrogen-bond donors (Lipinski definition) is 2. The highest BCUT2D eigenvalue weighted by Gasteiger charge is 2.18. The molecule has 1 aliphatic rings. The van der Waals surface area contributed by atoms with E-state index in [0.717, 1.165) is 82.5 Å². The number of H-pyrrole nitrogens is 1. The highest BCUT2D eigenvalue weighted by atomic mass is 16.3. The van der Waals surface area contributed by atoms with Gasteiger partial charge in [-0.1, -0.05) is 6.07 Å². The number of fused-ring (bicyclic) bond motifs is 1. The molecule has 7 heteroatoms. The molecule has 7 nitrogen and oxygen atoms in total. The molecule has 0 amide bonds. The molecule has 1 aliphatic heterocycles. The molecule has 0 radical (unpaired) electrons. The lowest BCUT2D eigenvalue weighted by molar-refractivity contribution is 0.312. The second kappa shape index (κ2) is 7.91. The van der Waals surface area contributed by atoms with E-state index >= 15 is 0 Å². The number of piperazine rings is 1. The molecule has 1 saturated heterocycles. The van der Waals surface area contributed by atoms with Gasteiger partial charge in [-0.05, 0) is 68.8 Å². The molecule has 164 valence electrons. The zero-order valence-corrected chi connectivity index (χ0v) is 19.0. The Hall–Kier alpha value is -3.45. The van der Waals surface area contributed by atoms with E-state index in [-0.39, 0.29) is 5.75 Å². The number of phenolic OH excluding ortho intramolecular Hbond substituents is 1. The Balaban J connectivity index is 1.49. The normalized spacial score (nSPS) is 14.9. The summed E-state index contributed by atoms with van der Waals surface area (Å²) >= 11 is 0. The van der Waals surface area contributed by atoms with Crippen molar-refractivity contribution in [3.8, 4) is 28.3 Å². The third-order valence-electron chi connectivity index (χ3n) is 6.42. The molecule has 4 aromatic rings. The summed E-state index contributed by atoms with van der Waals surface area (Å²) in [6.45, 7) is 10.1. The fourth-order valence-corrected chi connectivity index (χ4v) is 4.45. The van der Waals surface area contributed by atoms with Gasteiger partial charge in [-0.2, -0.15) is 0 Å². The van der Waals surface area contributed by atoms with Gasteiger partial charge >= 0.3 is 0 Å². The molecular weight excluding hydrogens is 400 g/mol. The largest absolute Gasteiger partial charge is 0.508 e. The SMILES string of the molecule is Cc1ccc(O)c(C)c1-c1cnc2[nH]c(-c3ccc(N4CCN(C)CC4)nc3C)nc2c1. The molecule has 1 fully saturated rings. The summed E-state index contributed by atoms with van der Waals surface area (Å²) in [6, 6.07) is 9.86. The first kappa shape index (κ1) is 20.5. The summed E-state index contributed by atoms with van der Waals surface area (Å²) < 4.78 is 0. The quantitative estimate of drug-likeness (QED) is 0.512. The maximum absolute atomic E-state index is 10.2. The molecule has 0 bridgehead atoms. The van der Waals surface area contributed by atoms with Crippen molar-refractivity contribution < 1.29 is 5.11 Å². The minimum Gasteiger partial charge on any atom is -0.508 e. The lowest BCUT2D eigenvalue weighted by atomic mass is 9.96. The van der Waals surface area contributed by atoms with Crippen LogP contribution in [0.2, 0.25) is 0 Å². The highest BCUT2D eigenvalue weighted by molar-refractivity contribution is 5.83. The van der Waals surface area contributed by atoms with E-state index in [1.807, 2.05) is 39.1 Å². The smallest absolute Gasteiger partial charge is 0.157 e. The third kappa shape index (κ3) is 3.58. The lowest BCUT2D eigenvalue weighted by Gasteiger charge is -2.33. The first-order chi connectivity index (χ1) is 15.4. The van der Waals surface area contributed by atoms with Crippen LogP contribution < -0.4 is 4.90 Å². The van der Waals surface area contributed by atoms with Crippen molar-refractivity contribution >= 4 is 17.0 Å². The van der Waals surface area contributed by atoms with Gasteiger partial charge in [0.05, 0.1) is 5.69 Å². The summed E-state index contributed by atoms with van der Waals surface area (Å²) in [6.07, 6.45) is 1.83. The molecule has 5 rings (SSSR count). The van der Waals surface area contributed by atoms with Crippen LogP contribution in [0.5, 0.6) is 5.75 Å². The predicted molar refractivity (Wildman–Crippen MR) is 128 cm³/mol. The second-order valence-electron chi connectivity index (χ2n) is 8.67. The fraction of sp³-hybridized carbons (Fsp3) is 0.320. The summed E-state index contributed by atoms with van der Waals surface area (Å²) in [5, 5.41) is 10.2. The van der Waals surface area contributed by atoms with E-state index in [2.05, 4.69) is 38.9 Å². The molecule has 0 unspecified atom stereocenters. The number of benzene rings is 1. The van der Waals surface area contributed by atoms with Gasteiger partial charge < -0.3 is 19.9 Å². The van der Waals surface area contributed by atoms with E-state index in [4.69, 9.17) is 9.97 Å². The minimum absolute atomic E-state index is 0.288. The summed E-state index contributed by atoms with van der Waals surface area (Å²) in [4.78, 5) is 22.3. The van der Waals surface area contributed by atoms with Crippen molar-refractivity contribution in [2.24, 2.45) is 0 Å². The average molecular weight is 429 g/mol. The van der Waals surface area contributed by atoms with Crippen molar-refractivity contribution in [2.75, 3.05) is 38.1 Å². The number of likely N-dealkylation sites (N-methyl/N-ethyl adjacent to an activating group) is 1. The first-order valence-corrected chi connectivity index (χ1v) is 11.0. The Morgan fingerprint density at radius 2 is 1.75 bits per heavy atom. The number of imidazole rings is 1. The molecule has 3 aromatic heterocycles. The molecule has 0 saturated carbocycles. The van der Waals surface area contributed by atoms with E-state index in [9.17, 15) is 5.11 Å². The predicted octanol–water partition coefficient (Wildman–Crippen LogP) is 4.07. The number of nitrogens with one attached hydrogen (secondary N) is 1. The summed E-state index contributed by atoms with van der Waals surface area (Å²) in [5.74, 6) is 2.07. The number of pyridine rings is 2. The van der Waals surface area contributed by atoms with Gasteiger partial charge in [0.2, 0.25) is 0 Å². The Morgan fingerprint density at radius 3 is 2.50 bits per heavy atom. The van der Waals surface area contributed by atoms with Gasteiger partial charge in [0.15, 0.2) is 5.65 Å². The van der Waals surface area contributed by atoms with Crippen LogP contribution in [-0.2, 0) is 0 Å². The second-order valence-corrected chi connectivity index (χ2v) is 8.67. The van der Waals surface area contributed by atoms with Crippen LogP contribution in [0.3, 0.4) is 0 Å². The van der Waals surface area contributed by atoms with Gasteiger partial charge in [-0.3, -0.25) is 0 Å². The molecule has 0 aliphatic carbocycles. The van der Waals surface area contributed by atoms with Gasteiger partial charge in [-0.25, -0.2) is 15.0 Å². The number of nitrogens with zero attached hydrogens (tertiary/aromatic N) is 5. The maximum Gasteiger partial charge on any atom is 0.157 e. The van der Waals surface area contributed by atoms with Gasteiger partial charge in [-0.15, -0.1) is 0 Å². The molecule has 2 N–H and O–H groups in total. The average Bonchev–Trinajstić information content (AvgIpc) is 3.20. The van der Waals surface area contributed by atoms with Crippen molar-refractivity contribution in [1.82, 2.24) is 24.8 Å². The van der Waals surface area contributed by atoms with Crippen LogP contribution >= 0.6 is 0 Å². The summed E-state index contributed by atoms with van der Waals surface area (Å²) in [5.41, 5.74) is 7.34. The van der Waals surface area contributed by atoms with E-state index < -0.39 is 0 Å². The standard InChI is InChI=1S/C25H28N6O/c1-15-5-7-21(32)16(2)23(15)18-13-20-25(26-14-18)29-24(28-20)19-6-8-22(27-17(19)3)31-11-9-30(4)10-12-31/h5-8,13-14,32H,9-12H2,1-4H3,(H,26,28,29). The zero-order valence-electron chi connectivity index (χ0n) is 19.0. The van der Waals surface area contributed by atoms with Crippen LogP contribution in [-0.4, -0.2) is 63.2 Å². The van der Waals surface area contributed by atoms with E-state index in [1.165, 1.54) is 0 Å². The van der Waals surface area contributed by atoms with Crippen LogP contribution in [0.1, 0.15) is 16.8 Å². The number of aromatic nitrogens is 4. The van der Waals surface area contributed by atoms with E-state index in [0.29, 0.717) is 0 Å². The van der Waals surface area contributed by atoms with E-state index in [1.54, 1.807) is 6.07 Å². The number of hydrogen-bond acceptors (Lipinski definition) is 6. The number of anilines is 1. The highest BCUT2D eigenvalue weighted by Crippen LogP contribution is 2.34. The molecule has 4 heterocycles. The third-order valence-corrected chi connectivity index (χ3v) is 6.42. The maximum atomic E-state index is 10.2. The van der Waals surface area contributed by atoms with Gasteiger partial charge in [0.25, 0.3) is 0 Å². The fourth-order valence-electron chi connectivity index (χ4n) is 4.45. The van der Waals surface area contributed by atoms with Crippen LogP contribution in [0.25, 0.3) is 33.7 Å². The Labute approximate surface area is 187 Å². The van der Waals surface area contributed by atoms with Crippen LogP contribution in [0, 0.1) is 20.8 Å². The first-order valence-electron chi connectivity index (χ1n) is 11.0. The number of phenols is 1. The van der Waals surface area contributed by atoms with Crippen molar-refractivity contribution in [1.29, 1.82) is 0 Å². The van der Waals surface area contributed by atoms with Crippen molar-refractivity contribution in [3.63, 3.8) is 0 Å². The van der Waals surface area contributed by atoms with Gasteiger partial charge in [0.1, 0.15) is 22.9 Å². The Kier molecular flexibility index (Phi) is 5.06. The minimum atomic E-state index is 0.288. The Bertz CT molecular complexity index is 1300. The van der Waals surface area contributed by atoms with Crippen molar-refractivity contribution in [3.05, 3.63) is 53.3 Å². The molecule has 0 spiro atoms. The zero-order chi connectivity index (χ0) is 22.4. The number of aromatic amines is 1. The van der Waals surface area contributed by atoms with Crippen LogP contribution in [0.4, 0.5) is 5.82 Å². The van der Waals surface area contributed by atoms with Crippen LogP contribution in [0.15, 0.2) is 36.5 Å². The molecule has 32 heavy (non-hydrogen) atoms. The number of aryl methyl sites for hydroxylation is 2. The number of aromatic hydroxyl groups is 1. The van der Waals surface area contributed by atoms with Gasteiger partial charge in [0, 0.05) is 43.5 Å². The molecule has 1 aromatic carbocycles.